The smallest absolute Gasteiger partial charge is 0.356 e. The van der Waals surface area contributed by atoms with E-state index < -0.39 is 5.97 Å². The Balaban J connectivity index is 2.39. The molecule has 0 saturated heterocycles. The van der Waals surface area contributed by atoms with Crippen molar-refractivity contribution in [1.29, 1.82) is 0 Å². The Labute approximate surface area is 81.6 Å². The Bertz CT molecular complexity index is 399. The minimum atomic E-state index is -0.393. The lowest BCUT2D eigenvalue weighted by molar-refractivity contribution is 0.0593. The molecule has 0 saturated carbocycles. The van der Waals surface area contributed by atoms with Gasteiger partial charge in [-0.05, 0) is 12.1 Å². The van der Waals surface area contributed by atoms with Crippen molar-refractivity contribution in [2.75, 3.05) is 13.7 Å². The molecule has 1 aromatic heterocycles. The maximum absolute atomic E-state index is 11.2. The predicted octanol–water partition coefficient (Wildman–Crippen LogP) is 0.843. The van der Waals surface area contributed by atoms with Gasteiger partial charge in [0.1, 0.15) is 5.69 Å². The summed E-state index contributed by atoms with van der Waals surface area (Å²) in [5.74, 6) is -0.393. The first-order valence-electron chi connectivity index (χ1n) is 4.39. The van der Waals surface area contributed by atoms with Crippen LogP contribution in [-0.4, -0.2) is 30.8 Å². The lowest BCUT2D eigenvalue weighted by Crippen LogP contribution is -2.11. The van der Waals surface area contributed by atoms with Crippen LogP contribution in [0.4, 0.5) is 0 Å². The van der Waals surface area contributed by atoms with Crippen molar-refractivity contribution in [3.63, 3.8) is 0 Å². The summed E-state index contributed by atoms with van der Waals surface area (Å²) < 4.78 is 4.59. The molecular weight excluding hydrogens is 180 g/mol. The maximum atomic E-state index is 11.2. The lowest BCUT2D eigenvalue weighted by atomic mass is 10.1. The average molecular weight is 190 g/mol. The normalized spacial score (nSPS) is 13.5. The molecule has 1 aliphatic rings. The Hall–Kier alpha value is -1.71. The molecule has 0 fully saturated rings. The zero-order valence-electron chi connectivity index (χ0n) is 7.86. The highest BCUT2D eigenvalue weighted by atomic mass is 16.5. The van der Waals surface area contributed by atoms with Crippen LogP contribution in [0.25, 0.3) is 0 Å². The number of methoxy groups -OCH3 is 1. The predicted molar refractivity (Wildman–Crippen MR) is 51.7 cm³/mol. The summed E-state index contributed by atoms with van der Waals surface area (Å²) in [6, 6.07) is 3.50. The van der Waals surface area contributed by atoms with Crippen molar-refractivity contribution in [2.45, 2.75) is 6.42 Å². The van der Waals surface area contributed by atoms with Gasteiger partial charge in [-0.15, -0.1) is 0 Å². The van der Waals surface area contributed by atoms with E-state index in [4.69, 9.17) is 0 Å². The first-order chi connectivity index (χ1) is 6.81. The third kappa shape index (κ3) is 1.51. The molecule has 0 aromatic carbocycles. The number of hydrogen-bond acceptors (Lipinski definition) is 4. The Kier molecular flexibility index (Phi) is 2.26. The fourth-order valence-corrected chi connectivity index (χ4v) is 1.38. The number of hydrogen-bond donors (Lipinski definition) is 0. The number of ether oxygens (including phenoxy) is 1. The van der Waals surface area contributed by atoms with Gasteiger partial charge in [0, 0.05) is 24.7 Å². The molecule has 2 rings (SSSR count). The molecule has 1 aliphatic heterocycles. The second-order valence-electron chi connectivity index (χ2n) is 3.01. The maximum Gasteiger partial charge on any atom is 0.356 e. The van der Waals surface area contributed by atoms with Crippen molar-refractivity contribution in [3.05, 3.63) is 29.1 Å². The molecule has 0 aliphatic carbocycles. The molecule has 0 spiro atoms. The van der Waals surface area contributed by atoms with Gasteiger partial charge in [0.25, 0.3) is 0 Å². The van der Waals surface area contributed by atoms with E-state index in [0.717, 1.165) is 24.2 Å². The van der Waals surface area contributed by atoms with E-state index in [1.165, 1.54) is 7.11 Å². The second kappa shape index (κ2) is 3.57. The van der Waals surface area contributed by atoms with Gasteiger partial charge >= 0.3 is 5.97 Å². The third-order valence-electron chi connectivity index (χ3n) is 2.11. The summed E-state index contributed by atoms with van der Waals surface area (Å²) in [5.41, 5.74) is 2.27. The monoisotopic (exact) mass is 190 g/mol. The molecule has 1 aromatic rings. The van der Waals surface area contributed by atoms with Gasteiger partial charge in [-0.3, -0.25) is 4.99 Å². The molecule has 0 amide bonds. The largest absolute Gasteiger partial charge is 0.464 e. The van der Waals surface area contributed by atoms with Crippen LogP contribution in [0.15, 0.2) is 17.1 Å². The minimum absolute atomic E-state index is 0.363. The Morgan fingerprint density at radius 2 is 2.36 bits per heavy atom. The molecule has 72 valence electrons. The molecule has 4 nitrogen and oxygen atoms in total. The molecule has 0 radical (unpaired) electrons. The molecule has 0 unspecified atom stereocenters. The molecule has 0 bridgehead atoms. The number of aliphatic imine (C=N–C) groups is 1. The zero-order chi connectivity index (χ0) is 9.97. The van der Waals surface area contributed by atoms with Crippen LogP contribution < -0.4 is 0 Å². The Morgan fingerprint density at radius 1 is 1.50 bits per heavy atom. The van der Waals surface area contributed by atoms with Crippen LogP contribution in [0, 0.1) is 0 Å². The van der Waals surface area contributed by atoms with E-state index in [0.29, 0.717) is 5.69 Å². The van der Waals surface area contributed by atoms with Crippen LogP contribution in [0.2, 0.25) is 0 Å². The van der Waals surface area contributed by atoms with Crippen LogP contribution in [0.3, 0.4) is 0 Å². The summed E-state index contributed by atoms with van der Waals surface area (Å²) >= 11 is 0. The van der Waals surface area contributed by atoms with Gasteiger partial charge in [-0.1, -0.05) is 0 Å². The average Bonchev–Trinajstić information content (AvgIpc) is 2.27. The van der Waals surface area contributed by atoms with Crippen LogP contribution >= 0.6 is 0 Å². The van der Waals surface area contributed by atoms with Gasteiger partial charge < -0.3 is 4.74 Å². The fraction of sp³-hybridized carbons (Fsp3) is 0.300. The molecule has 2 heterocycles. The number of esters is 1. The molecule has 4 heteroatoms. The van der Waals surface area contributed by atoms with E-state index in [-0.39, 0.29) is 0 Å². The number of pyridine rings is 1. The summed E-state index contributed by atoms with van der Waals surface area (Å²) in [7, 11) is 1.35. The molecule has 0 atom stereocenters. The van der Waals surface area contributed by atoms with Gasteiger partial charge in [0.15, 0.2) is 0 Å². The summed E-state index contributed by atoms with van der Waals surface area (Å²) in [6.45, 7) is 0.741. The van der Waals surface area contributed by atoms with E-state index >= 15 is 0 Å². The number of fused-ring (bicyclic) bond motifs is 1. The minimum Gasteiger partial charge on any atom is -0.464 e. The van der Waals surface area contributed by atoms with Gasteiger partial charge in [0.2, 0.25) is 0 Å². The standard InChI is InChI=1S/C10H10N2O2/c1-14-10(13)9-3-2-7-6-11-5-4-8(7)12-9/h2-3,6H,4-5H2,1H3. The van der Waals surface area contributed by atoms with Gasteiger partial charge in [-0.2, -0.15) is 0 Å². The van der Waals surface area contributed by atoms with Gasteiger partial charge in [0.05, 0.1) is 12.8 Å². The number of rotatable bonds is 1. The summed E-state index contributed by atoms with van der Waals surface area (Å²) in [4.78, 5) is 19.5. The summed E-state index contributed by atoms with van der Waals surface area (Å²) in [6.07, 6.45) is 2.57. The zero-order valence-corrected chi connectivity index (χ0v) is 7.86. The SMILES string of the molecule is COC(=O)c1ccc2c(n1)CCN=C2. The number of carbonyl (C=O) groups excluding carboxylic acids is 1. The number of nitrogens with zero attached hydrogens (tertiary/aromatic N) is 2. The topological polar surface area (TPSA) is 51.5 Å². The Morgan fingerprint density at radius 3 is 3.14 bits per heavy atom. The van der Waals surface area contributed by atoms with E-state index in [2.05, 4.69) is 14.7 Å². The van der Waals surface area contributed by atoms with Crippen molar-refractivity contribution in [3.8, 4) is 0 Å². The summed E-state index contributed by atoms with van der Waals surface area (Å²) in [5, 5.41) is 0. The first kappa shape index (κ1) is 8.87. The number of carbonyl (C=O) groups is 1. The highest BCUT2D eigenvalue weighted by Crippen LogP contribution is 2.11. The third-order valence-corrected chi connectivity index (χ3v) is 2.11. The number of aromatic nitrogens is 1. The fourth-order valence-electron chi connectivity index (χ4n) is 1.38. The highest BCUT2D eigenvalue weighted by Gasteiger charge is 2.12. The van der Waals surface area contributed by atoms with Crippen molar-refractivity contribution in [2.24, 2.45) is 4.99 Å². The van der Waals surface area contributed by atoms with Crippen molar-refractivity contribution >= 4 is 12.2 Å². The van der Waals surface area contributed by atoms with E-state index in [1.54, 1.807) is 12.3 Å². The molecule has 0 N–H and O–H groups in total. The van der Waals surface area contributed by atoms with E-state index in [1.807, 2.05) is 6.07 Å². The van der Waals surface area contributed by atoms with Gasteiger partial charge in [-0.25, -0.2) is 9.78 Å². The molecule has 14 heavy (non-hydrogen) atoms. The molecular formula is C10H10N2O2. The highest BCUT2D eigenvalue weighted by molar-refractivity contribution is 5.89. The van der Waals surface area contributed by atoms with Crippen molar-refractivity contribution in [1.82, 2.24) is 4.98 Å². The van der Waals surface area contributed by atoms with Crippen molar-refractivity contribution < 1.29 is 9.53 Å². The van der Waals surface area contributed by atoms with E-state index in [9.17, 15) is 4.79 Å². The quantitative estimate of drug-likeness (QED) is 0.617. The first-order valence-corrected chi connectivity index (χ1v) is 4.39. The second-order valence-corrected chi connectivity index (χ2v) is 3.01. The van der Waals surface area contributed by atoms with Crippen LogP contribution in [-0.2, 0) is 11.2 Å². The lowest BCUT2D eigenvalue weighted by Gasteiger charge is -2.09. The van der Waals surface area contributed by atoms with Crippen LogP contribution in [0.1, 0.15) is 21.7 Å². The van der Waals surface area contributed by atoms with Crippen LogP contribution in [0.5, 0.6) is 0 Å².